The fourth-order valence-electron chi connectivity index (χ4n) is 3.19. The largest absolute Gasteiger partial charge is 0.373 e. The Balaban J connectivity index is 1.92. The van der Waals surface area contributed by atoms with Gasteiger partial charge in [-0.05, 0) is 52.6 Å². The molecule has 2 fully saturated rings. The first-order valence-electron chi connectivity index (χ1n) is 7.20. The van der Waals surface area contributed by atoms with Gasteiger partial charge in [0.1, 0.15) is 0 Å². The normalized spacial score (nSPS) is 35.8. The molecule has 2 heterocycles. The topological polar surface area (TPSA) is 12.5 Å². The van der Waals surface area contributed by atoms with E-state index in [-0.39, 0.29) is 0 Å². The maximum atomic E-state index is 6.16. The zero-order chi connectivity index (χ0) is 12.3. The molecule has 2 heteroatoms. The average Bonchev–Trinajstić information content (AvgIpc) is 2.30. The lowest BCUT2D eigenvalue weighted by Gasteiger charge is -2.39. The molecule has 0 aromatic carbocycles. The number of hydrogen-bond donors (Lipinski definition) is 0. The van der Waals surface area contributed by atoms with Crippen LogP contribution in [0.4, 0.5) is 0 Å². The molecule has 2 aliphatic rings. The molecule has 2 rings (SSSR count). The Morgan fingerprint density at radius 3 is 2.59 bits per heavy atom. The molecule has 0 unspecified atom stereocenters. The van der Waals surface area contributed by atoms with Gasteiger partial charge in [-0.15, -0.1) is 0 Å². The zero-order valence-corrected chi connectivity index (χ0v) is 11.5. The molecular formula is C15H27NO. The second-order valence-electron chi connectivity index (χ2n) is 5.88. The lowest BCUT2D eigenvalue weighted by molar-refractivity contribution is -0.0793. The van der Waals surface area contributed by atoms with Crippen molar-refractivity contribution in [2.45, 2.75) is 58.2 Å². The lowest BCUT2D eigenvalue weighted by Crippen LogP contribution is -2.44. The van der Waals surface area contributed by atoms with Crippen LogP contribution in [0.1, 0.15) is 46.0 Å². The quantitative estimate of drug-likeness (QED) is 0.699. The smallest absolute Gasteiger partial charge is 0.0770 e. The minimum atomic E-state index is 0.384. The summed E-state index contributed by atoms with van der Waals surface area (Å²) in [6.07, 6.45) is 7.39. The summed E-state index contributed by atoms with van der Waals surface area (Å²) in [5, 5.41) is 0. The van der Waals surface area contributed by atoms with E-state index in [1.165, 1.54) is 50.8 Å². The standard InChI is InChI=1S/C15H27NO/c1-12(2)14-8-7-13(3)17-15(14)11-16-9-5-4-6-10-16/h13-15H,1,4-11H2,2-3H3/t13-,14-,15-/m1/s1. The molecule has 0 aliphatic carbocycles. The summed E-state index contributed by atoms with van der Waals surface area (Å²) >= 11 is 0. The Labute approximate surface area is 106 Å². The molecule has 0 spiro atoms. The van der Waals surface area contributed by atoms with E-state index in [0.717, 1.165) is 6.54 Å². The first-order valence-corrected chi connectivity index (χ1v) is 7.20. The van der Waals surface area contributed by atoms with Crippen LogP contribution in [-0.4, -0.2) is 36.7 Å². The summed E-state index contributed by atoms with van der Waals surface area (Å²) in [6, 6.07) is 0. The maximum absolute atomic E-state index is 6.16. The highest BCUT2D eigenvalue weighted by Crippen LogP contribution is 2.30. The third kappa shape index (κ3) is 3.56. The predicted molar refractivity (Wildman–Crippen MR) is 72.2 cm³/mol. The van der Waals surface area contributed by atoms with E-state index < -0.39 is 0 Å². The molecule has 2 nitrogen and oxygen atoms in total. The van der Waals surface area contributed by atoms with Crippen LogP contribution >= 0.6 is 0 Å². The minimum absolute atomic E-state index is 0.384. The van der Waals surface area contributed by atoms with Gasteiger partial charge in [0.05, 0.1) is 12.2 Å². The van der Waals surface area contributed by atoms with Gasteiger partial charge in [0.25, 0.3) is 0 Å². The van der Waals surface area contributed by atoms with Gasteiger partial charge in [-0.25, -0.2) is 0 Å². The van der Waals surface area contributed by atoms with Crippen molar-refractivity contribution in [1.29, 1.82) is 0 Å². The van der Waals surface area contributed by atoms with E-state index in [1.54, 1.807) is 0 Å². The van der Waals surface area contributed by atoms with E-state index in [9.17, 15) is 0 Å². The van der Waals surface area contributed by atoms with Crippen molar-refractivity contribution in [3.63, 3.8) is 0 Å². The highest BCUT2D eigenvalue weighted by Gasteiger charge is 2.31. The molecule has 2 aliphatic heterocycles. The van der Waals surface area contributed by atoms with Crippen molar-refractivity contribution in [2.24, 2.45) is 5.92 Å². The number of piperidine rings is 1. The summed E-state index contributed by atoms with van der Waals surface area (Å²) in [7, 11) is 0. The highest BCUT2D eigenvalue weighted by molar-refractivity contribution is 5.02. The molecule has 0 radical (unpaired) electrons. The lowest BCUT2D eigenvalue weighted by atomic mass is 9.86. The molecule has 3 atom stereocenters. The Hall–Kier alpha value is -0.340. The Morgan fingerprint density at radius 2 is 1.94 bits per heavy atom. The Kier molecular flexibility index (Phi) is 4.63. The summed E-state index contributed by atoms with van der Waals surface area (Å²) in [5.41, 5.74) is 1.30. The Bertz CT molecular complexity index is 258. The predicted octanol–water partition coefficient (Wildman–Crippen LogP) is 3.23. The fraction of sp³-hybridized carbons (Fsp3) is 0.867. The van der Waals surface area contributed by atoms with E-state index >= 15 is 0 Å². The molecule has 0 saturated carbocycles. The first-order chi connectivity index (χ1) is 8.16. The number of hydrogen-bond acceptors (Lipinski definition) is 2. The maximum Gasteiger partial charge on any atom is 0.0770 e. The fourth-order valence-corrected chi connectivity index (χ4v) is 3.19. The van der Waals surface area contributed by atoms with Gasteiger partial charge in [-0.1, -0.05) is 18.6 Å². The zero-order valence-electron chi connectivity index (χ0n) is 11.5. The van der Waals surface area contributed by atoms with Crippen LogP contribution in [0.3, 0.4) is 0 Å². The van der Waals surface area contributed by atoms with Crippen LogP contribution in [0, 0.1) is 5.92 Å². The van der Waals surface area contributed by atoms with Crippen molar-refractivity contribution >= 4 is 0 Å². The van der Waals surface area contributed by atoms with Crippen molar-refractivity contribution in [2.75, 3.05) is 19.6 Å². The van der Waals surface area contributed by atoms with E-state index in [1.807, 2.05) is 0 Å². The molecule has 0 bridgehead atoms. The molecule has 17 heavy (non-hydrogen) atoms. The number of nitrogens with zero attached hydrogens (tertiary/aromatic N) is 1. The number of likely N-dealkylation sites (tertiary alicyclic amines) is 1. The SMILES string of the molecule is C=C(C)[C@H]1CC[C@@H](C)O[C@@H]1CN1CCCCC1. The van der Waals surface area contributed by atoms with Gasteiger partial charge in [-0.3, -0.25) is 0 Å². The van der Waals surface area contributed by atoms with Gasteiger partial charge < -0.3 is 9.64 Å². The number of rotatable bonds is 3. The van der Waals surface area contributed by atoms with Crippen molar-refractivity contribution in [1.82, 2.24) is 4.90 Å². The summed E-state index contributed by atoms with van der Waals surface area (Å²) in [4.78, 5) is 2.59. The highest BCUT2D eigenvalue weighted by atomic mass is 16.5. The monoisotopic (exact) mass is 237 g/mol. The van der Waals surface area contributed by atoms with Gasteiger partial charge >= 0.3 is 0 Å². The third-order valence-electron chi connectivity index (χ3n) is 4.26. The molecule has 2 saturated heterocycles. The van der Waals surface area contributed by atoms with E-state index in [0.29, 0.717) is 18.1 Å². The average molecular weight is 237 g/mol. The van der Waals surface area contributed by atoms with Gasteiger partial charge in [-0.2, -0.15) is 0 Å². The summed E-state index contributed by atoms with van der Waals surface area (Å²) < 4.78 is 6.16. The molecule has 98 valence electrons. The van der Waals surface area contributed by atoms with Crippen molar-refractivity contribution in [3.05, 3.63) is 12.2 Å². The van der Waals surface area contributed by atoms with Crippen LogP contribution < -0.4 is 0 Å². The molecular weight excluding hydrogens is 210 g/mol. The minimum Gasteiger partial charge on any atom is -0.373 e. The first kappa shape index (κ1) is 13.1. The van der Waals surface area contributed by atoms with Crippen molar-refractivity contribution < 1.29 is 4.74 Å². The summed E-state index contributed by atoms with van der Waals surface area (Å²) in [5.74, 6) is 0.577. The van der Waals surface area contributed by atoms with Crippen molar-refractivity contribution in [3.8, 4) is 0 Å². The molecule has 0 N–H and O–H groups in total. The Morgan fingerprint density at radius 1 is 1.24 bits per heavy atom. The second-order valence-corrected chi connectivity index (χ2v) is 5.88. The van der Waals surface area contributed by atoms with Crippen LogP contribution in [0.25, 0.3) is 0 Å². The van der Waals surface area contributed by atoms with Gasteiger partial charge in [0.2, 0.25) is 0 Å². The number of ether oxygens (including phenoxy) is 1. The molecule has 0 amide bonds. The molecule has 0 aromatic heterocycles. The second kappa shape index (κ2) is 6.01. The third-order valence-corrected chi connectivity index (χ3v) is 4.26. The molecule has 0 aromatic rings. The van der Waals surface area contributed by atoms with E-state index in [2.05, 4.69) is 25.3 Å². The summed E-state index contributed by atoms with van der Waals surface area (Å²) in [6.45, 7) is 12.1. The van der Waals surface area contributed by atoms with E-state index in [4.69, 9.17) is 4.74 Å². The van der Waals surface area contributed by atoms with Crippen LogP contribution in [-0.2, 0) is 4.74 Å². The van der Waals surface area contributed by atoms with Crippen LogP contribution in [0.15, 0.2) is 12.2 Å². The van der Waals surface area contributed by atoms with Gasteiger partial charge in [0.15, 0.2) is 0 Å². The van der Waals surface area contributed by atoms with Crippen LogP contribution in [0.5, 0.6) is 0 Å². The van der Waals surface area contributed by atoms with Gasteiger partial charge in [0, 0.05) is 12.5 Å². The van der Waals surface area contributed by atoms with Crippen LogP contribution in [0.2, 0.25) is 0 Å².